The Bertz CT molecular complexity index is 1630. The molecule has 1 fully saturated rings. The van der Waals surface area contributed by atoms with E-state index < -0.39 is 21.8 Å². The van der Waals surface area contributed by atoms with E-state index in [0.717, 1.165) is 23.4 Å². The lowest BCUT2D eigenvalue weighted by molar-refractivity contribution is -0.137. The number of nitrogen functional groups attached to an aromatic ring is 1. The number of benzene rings is 2. The quantitative estimate of drug-likeness (QED) is 0.347. The molecule has 0 unspecified atom stereocenters. The summed E-state index contributed by atoms with van der Waals surface area (Å²) in [5, 5.41) is 3.45. The van der Waals surface area contributed by atoms with Gasteiger partial charge in [-0.3, -0.25) is 9.78 Å². The first kappa shape index (κ1) is 25.7. The van der Waals surface area contributed by atoms with Crippen molar-refractivity contribution < 1.29 is 21.6 Å². The molecule has 0 spiro atoms. The molecule has 0 bridgehead atoms. The van der Waals surface area contributed by atoms with Gasteiger partial charge in [0.2, 0.25) is 16.0 Å². The molecule has 0 aliphatic carbocycles. The van der Waals surface area contributed by atoms with Gasteiger partial charge in [0.1, 0.15) is 5.82 Å². The van der Waals surface area contributed by atoms with Crippen LogP contribution in [0.5, 0.6) is 0 Å². The molecule has 2 aromatic carbocycles. The predicted molar refractivity (Wildman–Crippen MR) is 137 cm³/mol. The second kappa shape index (κ2) is 9.72. The van der Waals surface area contributed by atoms with E-state index in [2.05, 4.69) is 20.3 Å². The third-order valence-corrected chi connectivity index (χ3v) is 8.36. The van der Waals surface area contributed by atoms with Gasteiger partial charge in [0.15, 0.2) is 0 Å². The number of sulfonamides is 1. The van der Waals surface area contributed by atoms with E-state index in [-0.39, 0.29) is 35.5 Å². The van der Waals surface area contributed by atoms with Crippen LogP contribution in [-0.2, 0) is 16.2 Å². The number of alkyl halides is 3. The number of halogens is 3. The van der Waals surface area contributed by atoms with Crippen molar-refractivity contribution in [2.75, 3.05) is 24.1 Å². The van der Waals surface area contributed by atoms with E-state index in [1.807, 2.05) is 0 Å². The summed E-state index contributed by atoms with van der Waals surface area (Å²) in [6.45, 7) is 0.512. The van der Waals surface area contributed by atoms with Crippen molar-refractivity contribution >= 4 is 32.7 Å². The Kier molecular flexibility index (Phi) is 6.57. The van der Waals surface area contributed by atoms with Gasteiger partial charge in [-0.15, -0.1) is 0 Å². The number of rotatable bonds is 5. The number of fused-ring (bicyclic) bond motifs is 1. The maximum Gasteiger partial charge on any atom is 0.417 e. The van der Waals surface area contributed by atoms with Crippen LogP contribution < -0.4 is 16.6 Å². The smallest absolute Gasteiger partial charge is 0.369 e. The summed E-state index contributed by atoms with van der Waals surface area (Å²) in [6.07, 6.45) is -2.73. The number of nitrogens with one attached hydrogen (secondary N) is 2. The van der Waals surface area contributed by atoms with Gasteiger partial charge in [-0.1, -0.05) is 18.2 Å². The van der Waals surface area contributed by atoms with Gasteiger partial charge < -0.3 is 11.1 Å². The SMILES string of the molecule is Nc1nc2ccc(-c3ccc(S(=O)(=O)N4CCC(Nc5ccc(C(F)(F)F)cn5)CC4)cc3)cc2c(=O)[nH]1. The second-order valence-corrected chi connectivity index (χ2v) is 10.9. The van der Waals surface area contributed by atoms with Crippen molar-refractivity contribution in [3.8, 4) is 11.1 Å². The lowest BCUT2D eigenvalue weighted by Crippen LogP contribution is -2.42. The van der Waals surface area contributed by atoms with E-state index in [9.17, 15) is 26.4 Å². The first-order valence-corrected chi connectivity index (χ1v) is 13.1. The first-order chi connectivity index (χ1) is 18.0. The Labute approximate surface area is 215 Å². The number of aromatic amines is 1. The molecule has 4 aromatic rings. The van der Waals surface area contributed by atoms with Crippen LogP contribution in [0.1, 0.15) is 18.4 Å². The average molecular weight is 545 g/mol. The van der Waals surface area contributed by atoms with Crippen LogP contribution in [-0.4, -0.2) is 46.8 Å². The zero-order chi connectivity index (χ0) is 27.1. The van der Waals surface area contributed by atoms with Crippen molar-refractivity contribution in [3.63, 3.8) is 0 Å². The summed E-state index contributed by atoms with van der Waals surface area (Å²) in [5.74, 6) is 0.339. The summed E-state index contributed by atoms with van der Waals surface area (Å²) in [5.41, 5.74) is 6.31. The fourth-order valence-electron chi connectivity index (χ4n) is 4.40. The van der Waals surface area contributed by atoms with Gasteiger partial charge >= 0.3 is 6.18 Å². The normalized spacial score (nSPS) is 15.6. The number of nitrogens with two attached hydrogens (primary N) is 1. The Morgan fingerprint density at radius 1 is 1.00 bits per heavy atom. The molecule has 9 nitrogen and oxygen atoms in total. The predicted octanol–water partition coefficient (Wildman–Crippen LogP) is 3.85. The monoisotopic (exact) mass is 544 g/mol. The zero-order valence-corrected chi connectivity index (χ0v) is 20.7. The number of nitrogens with zero attached hydrogens (tertiary/aromatic N) is 3. The molecular formula is C25H23F3N6O3S. The van der Waals surface area contributed by atoms with Crippen molar-refractivity contribution in [1.82, 2.24) is 19.3 Å². The Morgan fingerprint density at radius 2 is 1.68 bits per heavy atom. The lowest BCUT2D eigenvalue weighted by atomic mass is 10.0. The summed E-state index contributed by atoms with van der Waals surface area (Å²) in [6, 6.07) is 13.7. The lowest BCUT2D eigenvalue weighted by Gasteiger charge is -2.32. The van der Waals surface area contributed by atoms with E-state index in [1.165, 1.54) is 22.5 Å². The molecule has 13 heteroatoms. The molecular weight excluding hydrogens is 521 g/mol. The Hall–Kier alpha value is -3.97. The highest BCUT2D eigenvalue weighted by molar-refractivity contribution is 7.89. The Morgan fingerprint density at radius 3 is 2.32 bits per heavy atom. The van der Waals surface area contributed by atoms with Gasteiger partial charge in [-0.2, -0.15) is 17.5 Å². The third kappa shape index (κ3) is 5.20. The van der Waals surface area contributed by atoms with Crippen LogP contribution in [0.4, 0.5) is 24.9 Å². The fraction of sp³-hybridized carbons (Fsp3) is 0.240. The van der Waals surface area contributed by atoms with Crippen LogP contribution in [0.15, 0.2) is 70.5 Å². The molecule has 0 amide bonds. The van der Waals surface area contributed by atoms with Crippen LogP contribution in [0, 0.1) is 0 Å². The van der Waals surface area contributed by atoms with Crippen LogP contribution in [0.2, 0.25) is 0 Å². The van der Waals surface area contributed by atoms with E-state index in [0.29, 0.717) is 29.6 Å². The molecule has 4 N–H and O–H groups in total. The van der Waals surface area contributed by atoms with Crippen LogP contribution in [0.25, 0.3) is 22.0 Å². The second-order valence-electron chi connectivity index (χ2n) is 8.96. The number of hydrogen-bond acceptors (Lipinski definition) is 7. The topological polar surface area (TPSA) is 134 Å². The molecule has 0 atom stereocenters. The van der Waals surface area contributed by atoms with Crippen molar-refractivity contribution in [2.45, 2.75) is 30.0 Å². The molecule has 0 saturated carbocycles. The highest BCUT2D eigenvalue weighted by Crippen LogP contribution is 2.30. The maximum atomic E-state index is 13.2. The van der Waals surface area contributed by atoms with Crippen LogP contribution in [0.3, 0.4) is 0 Å². The molecule has 198 valence electrons. The fourth-order valence-corrected chi connectivity index (χ4v) is 5.87. The minimum absolute atomic E-state index is 0.0286. The highest BCUT2D eigenvalue weighted by atomic mass is 32.2. The summed E-state index contributed by atoms with van der Waals surface area (Å²) < 4.78 is 66.0. The average Bonchev–Trinajstić information content (AvgIpc) is 2.89. The number of pyridine rings is 1. The molecule has 3 heterocycles. The summed E-state index contributed by atoms with van der Waals surface area (Å²) in [4.78, 5) is 22.7. The van der Waals surface area contributed by atoms with Gasteiger partial charge in [-0.05, 0) is 60.4 Å². The molecule has 1 aliphatic heterocycles. The minimum Gasteiger partial charge on any atom is -0.369 e. The number of anilines is 2. The van der Waals surface area contributed by atoms with Gasteiger partial charge in [0.05, 0.1) is 21.4 Å². The number of piperidine rings is 1. The highest BCUT2D eigenvalue weighted by Gasteiger charge is 2.32. The molecule has 38 heavy (non-hydrogen) atoms. The van der Waals surface area contributed by atoms with Crippen molar-refractivity contribution in [2.24, 2.45) is 0 Å². The number of H-pyrrole nitrogens is 1. The van der Waals surface area contributed by atoms with Gasteiger partial charge in [-0.25, -0.2) is 18.4 Å². The molecule has 0 radical (unpaired) electrons. The van der Waals surface area contributed by atoms with Crippen LogP contribution >= 0.6 is 0 Å². The van der Waals surface area contributed by atoms with Gasteiger partial charge in [0.25, 0.3) is 5.56 Å². The third-order valence-electron chi connectivity index (χ3n) is 6.45. The van der Waals surface area contributed by atoms with E-state index in [4.69, 9.17) is 5.73 Å². The minimum atomic E-state index is -4.45. The number of hydrogen-bond donors (Lipinski definition) is 3. The van der Waals surface area contributed by atoms with Crippen molar-refractivity contribution in [1.29, 1.82) is 0 Å². The van der Waals surface area contributed by atoms with E-state index >= 15 is 0 Å². The molecule has 1 aliphatic rings. The Balaban J connectivity index is 1.25. The zero-order valence-electron chi connectivity index (χ0n) is 19.9. The standard InChI is InChI=1S/C25H23F3N6O3S/c26-25(27,28)17-4-8-22(30-14-17)31-18-9-11-34(12-10-18)38(36,37)19-5-1-15(2-6-19)16-3-7-21-20(13-16)23(35)33-24(29)32-21/h1-8,13-14,18H,9-12H2,(H,30,31)(H3,29,32,33,35). The molecule has 2 aromatic heterocycles. The molecule has 5 rings (SSSR count). The largest absolute Gasteiger partial charge is 0.417 e. The van der Waals surface area contributed by atoms with Crippen molar-refractivity contribution in [3.05, 3.63) is 76.7 Å². The van der Waals surface area contributed by atoms with E-state index in [1.54, 1.807) is 30.3 Å². The maximum absolute atomic E-state index is 13.2. The summed E-state index contributed by atoms with van der Waals surface area (Å²) >= 11 is 0. The summed E-state index contributed by atoms with van der Waals surface area (Å²) in [7, 11) is -3.74. The molecule has 1 saturated heterocycles. The first-order valence-electron chi connectivity index (χ1n) is 11.7. The number of aromatic nitrogens is 3. The van der Waals surface area contributed by atoms with Gasteiger partial charge in [0, 0.05) is 25.3 Å².